The first kappa shape index (κ1) is 15.1. The Morgan fingerprint density at radius 3 is 3.05 bits per heavy atom. The van der Waals surface area contributed by atoms with Crippen LogP contribution in [0.2, 0.25) is 0 Å². The highest BCUT2D eigenvalue weighted by Gasteiger charge is 2.07. The van der Waals surface area contributed by atoms with Crippen molar-refractivity contribution in [3.63, 3.8) is 0 Å². The second-order valence-corrected chi connectivity index (χ2v) is 5.10. The molecule has 108 valence electrons. The number of amides is 1. The van der Waals surface area contributed by atoms with E-state index >= 15 is 0 Å². The van der Waals surface area contributed by atoms with Gasteiger partial charge in [0.05, 0.1) is 17.6 Å². The molecule has 5 heteroatoms. The van der Waals surface area contributed by atoms with Gasteiger partial charge in [-0.05, 0) is 23.8 Å². The van der Waals surface area contributed by atoms with Gasteiger partial charge in [0.2, 0.25) is 0 Å². The third-order valence-corrected chi connectivity index (χ3v) is 3.59. The molecule has 0 unspecified atom stereocenters. The van der Waals surface area contributed by atoms with Gasteiger partial charge in [0, 0.05) is 11.9 Å². The Balaban J connectivity index is 1.96. The smallest absolute Gasteiger partial charge is 0.252 e. The summed E-state index contributed by atoms with van der Waals surface area (Å²) in [5.74, 6) is 5.95. The maximum Gasteiger partial charge on any atom is 0.252 e. The lowest BCUT2D eigenvalue weighted by atomic mass is 10.2. The zero-order chi connectivity index (χ0) is 15.1. The molecule has 0 atom stereocenters. The zero-order valence-corrected chi connectivity index (χ0v) is 12.4. The number of aliphatic hydroxyl groups excluding tert-OH is 1. The largest absolute Gasteiger partial charge is 0.497 e. The summed E-state index contributed by atoms with van der Waals surface area (Å²) >= 11 is 1.38. The van der Waals surface area contributed by atoms with Gasteiger partial charge < -0.3 is 15.2 Å². The quantitative estimate of drug-likeness (QED) is 0.850. The van der Waals surface area contributed by atoms with Crippen LogP contribution >= 0.6 is 11.3 Å². The molecule has 1 aromatic carbocycles. The standard InChI is InChI=1S/C16H15NO3S/c1-20-14-5-2-4-12(8-14)10-17-16(19)13-9-15(21-11-13)6-3-7-18/h2,4-5,8-9,11,18H,7,10H2,1H3,(H,17,19). The van der Waals surface area contributed by atoms with Crippen LogP contribution in [0.15, 0.2) is 35.7 Å². The molecule has 0 aliphatic heterocycles. The molecule has 0 bridgehead atoms. The minimum Gasteiger partial charge on any atom is -0.497 e. The molecule has 4 nitrogen and oxygen atoms in total. The summed E-state index contributed by atoms with van der Waals surface area (Å²) in [5, 5.41) is 13.2. The number of benzene rings is 1. The van der Waals surface area contributed by atoms with Crippen molar-refractivity contribution >= 4 is 17.2 Å². The van der Waals surface area contributed by atoms with E-state index in [9.17, 15) is 4.79 Å². The minimum atomic E-state index is -0.185. The summed E-state index contributed by atoms with van der Waals surface area (Å²) in [5.41, 5.74) is 1.54. The van der Waals surface area contributed by atoms with Gasteiger partial charge >= 0.3 is 0 Å². The average Bonchev–Trinajstić information content (AvgIpc) is 2.99. The molecule has 0 aliphatic rings. The van der Waals surface area contributed by atoms with E-state index in [2.05, 4.69) is 17.2 Å². The number of aliphatic hydroxyl groups is 1. The lowest BCUT2D eigenvalue weighted by molar-refractivity contribution is 0.0951. The first-order chi connectivity index (χ1) is 10.2. The molecule has 2 aromatic rings. The van der Waals surface area contributed by atoms with Crippen molar-refractivity contribution in [1.82, 2.24) is 5.32 Å². The molecule has 0 radical (unpaired) electrons. The van der Waals surface area contributed by atoms with Crippen LogP contribution in [0, 0.1) is 11.8 Å². The van der Waals surface area contributed by atoms with Crippen LogP contribution in [-0.2, 0) is 6.54 Å². The van der Waals surface area contributed by atoms with Gasteiger partial charge in [-0.3, -0.25) is 4.79 Å². The first-order valence-corrected chi connectivity index (χ1v) is 7.20. The lowest BCUT2D eigenvalue weighted by Crippen LogP contribution is -2.22. The van der Waals surface area contributed by atoms with Gasteiger partial charge in [0.1, 0.15) is 12.4 Å². The summed E-state index contributed by atoms with van der Waals surface area (Å²) in [6.07, 6.45) is 0. The Hall–Kier alpha value is -2.29. The van der Waals surface area contributed by atoms with Crippen LogP contribution in [-0.4, -0.2) is 24.7 Å². The van der Waals surface area contributed by atoms with Gasteiger partial charge in [0.25, 0.3) is 5.91 Å². The van der Waals surface area contributed by atoms with Crippen LogP contribution in [0.3, 0.4) is 0 Å². The normalized spacial score (nSPS) is 9.62. The van der Waals surface area contributed by atoms with Crippen molar-refractivity contribution in [2.75, 3.05) is 13.7 Å². The van der Waals surface area contributed by atoms with Gasteiger partial charge in [-0.1, -0.05) is 24.0 Å². The molecule has 0 aliphatic carbocycles. The van der Waals surface area contributed by atoms with Crippen molar-refractivity contribution < 1.29 is 14.6 Å². The van der Waals surface area contributed by atoms with Gasteiger partial charge in [-0.2, -0.15) is 0 Å². The van der Waals surface area contributed by atoms with Gasteiger partial charge in [-0.25, -0.2) is 0 Å². The lowest BCUT2D eigenvalue weighted by Gasteiger charge is -2.06. The predicted molar refractivity (Wildman–Crippen MR) is 82.4 cm³/mol. The molecule has 0 spiro atoms. The predicted octanol–water partition coefficient (Wildman–Crippen LogP) is 2.03. The number of rotatable bonds is 4. The number of methoxy groups -OCH3 is 1. The van der Waals surface area contributed by atoms with Gasteiger partial charge in [0.15, 0.2) is 0 Å². The highest BCUT2D eigenvalue weighted by atomic mass is 32.1. The molecule has 2 N–H and O–H groups in total. The summed E-state index contributed by atoms with van der Waals surface area (Å²) in [6, 6.07) is 9.26. The summed E-state index contributed by atoms with van der Waals surface area (Å²) in [6.45, 7) is 0.249. The number of carbonyl (C=O) groups is 1. The Morgan fingerprint density at radius 1 is 1.43 bits per heavy atom. The Kier molecular flexibility index (Phi) is 5.38. The van der Waals surface area contributed by atoms with E-state index in [0.29, 0.717) is 12.1 Å². The molecule has 1 heterocycles. The molecule has 0 saturated carbocycles. The fourth-order valence-corrected chi connectivity index (χ4v) is 2.47. The Labute approximate surface area is 127 Å². The van der Waals surface area contributed by atoms with E-state index in [-0.39, 0.29) is 12.5 Å². The molecule has 21 heavy (non-hydrogen) atoms. The fraction of sp³-hybridized carbons (Fsp3) is 0.188. The van der Waals surface area contributed by atoms with E-state index in [0.717, 1.165) is 16.2 Å². The second kappa shape index (κ2) is 7.48. The average molecular weight is 301 g/mol. The van der Waals surface area contributed by atoms with Crippen LogP contribution < -0.4 is 10.1 Å². The van der Waals surface area contributed by atoms with Crippen molar-refractivity contribution in [2.24, 2.45) is 0 Å². The summed E-state index contributed by atoms with van der Waals surface area (Å²) < 4.78 is 5.14. The monoisotopic (exact) mass is 301 g/mol. The summed E-state index contributed by atoms with van der Waals surface area (Å²) in [7, 11) is 1.61. The second-order valence-electron chi connectivity index (χ2n) is 4.19. The fourth-order valence-electron chi connectivity index (χ4n) is 1.71. The van der Waals surface area contributed by atoms with E-state index in [1.54, 1.807) is 18.6 Å². The van der Waals surface area contributed by atoms with Crippen molar-refractivity contribution in [3.8, 4) is 17.6 Å². The minimum absolute atomic E-state index is 0.147. The van der Waals surface area contributed by atoms with Crippen LogP contribution in [0.1, 0.15) is 20.8 Å². The number of carbonyl (C=O) groups excluding carboxylic acids is 1. The number of ether oxygens (including phenoxy) is 1. The number of hydrogen-bond acceptors (Lipinski definition) is 4. The maximum atomic E-state index is 12.0. The molecule has 1 aromatic heterocycles. The zero-order valence-electron chi connectivity index (χ0n) is 11.6. The molecular weight excluding hydrogens is 286 g/mol. The number of thiophene rings is 1. The third kappa shape index (κ3) is 4.35. The Morgan fingerprint density at radius 2 is 2.29 bits per heavy atom. The summed E-state index contributed by atoms with van der Waals surface area (Å²) in [4.78, 5) is 12.8. The Bertz CT molecular complexity index is 682. The SMILES string of the molecule is COc1cccc(CNC(=O)c2csc(C#CCO)c2)c1. The number of nitrogens with one attached hydrogen (secondary N) is 1. The van der Waals surface area contributed by atoms with Crippen molar-refractivity contribution in [2.45, 2.75) is 6.54 Å². The van der Waals surface area contributed by atoms with Crippen LogP contribution in [0.25, 0.3) is 0 Å². The van der Waals surface area contributed by atoms with E-state index in [1.165, 1.54) is 11.3 Å². The van der Waals surface area contributed by atoms with E-state index in [1.807, 2.05) is 24.3 Å². The molecule has 2 rings (SSSR count). The molecule has 0 saturated heterocycles. The van der Waals surface area contributed by atoms with Gasteiger partial charge in [-0.15, -0.1) is 11.3 Å². The highest BCUT2D eigenvalue weighted by Crippen LogP contribution is 2.15. The van der Waals surface area contributed by atoms with Crippen LogP contribution in [0.4, 0.5) is 0 Å². The highest BCUT2D eigenvalue weighted by molar-refractivity contribution is 7.10. The third-order valence-electron chi connectivity index (χ3n) is 2.74. The van der Waals surface area contributed by atoms with Crippen LogP contribution in [0.5, 0.6) is 5.75 Å². The van der Waals surface area contributed by atoms with E-state index < -0.39 is 0 Å². The topological polar surface area (TPSA) is 58.6 Å². The van der Waals surface area contributed by atoms with Crippen molar-refractivity contribution in [1.29, 1.82) is 0 Å². The molecule has 1 amide bonds. The maximum absolute atomic E-state index is 12.0. The number of hydrogen-bond donors (Lipinski definition) is 2. The molecular formula is C16H15NO3S. The van der Waals surface area contributed by atoms with E-state index in [4.69, 9.17) is 9.84 Å². The first-order valence-electron chi connectivity index (χ1n) is 6.32. The van der Waals surface area contributed by atoms with Crippen molar-refractivity contribution in [3.05, 3.63) is 51.7 Å². The molecule has 0 fully saturated rings.